The maximum Gasteiger partial charge on any atom is 0.586 e. The minimum absolute atomic E-state index is 0. The van der Waals surface area contributed by atoms with Crippen LogP contribution in [0.5, 0.6) is 11.5 Å². The second-order valence-corrected chi connectivity index (χ2v) is 3.46. The topological polar surface area (TPSA) is 64.7 Å². The monoisotopic (exact) mass is 267 g/mol. The zero-order valence-corrected chi connectivity index (χ0v) is 9.55. The third kappa shape index (κ3) is 2.77. The predicted molar refractivity (Wildman–Crippen MR) is 58.5 cm³/mol. The normalized spacial score (nSPS) is 17.4. The van der Waals surface area contributed by atoms with Crippen LogP contribution in [0.1, 0.15) is 18.0 Å². The Kier molecular flexibility index (Phi) is 4.13. The summed E-state index contributed by atoms with van der Waals surface area (Å²) in [5, 5.41) is 8.75. The second-order valence-electron chi connectivity index (χ2n) is 3.46. The van der Waals surface area contributed by atoms with Crippen molar-refractivity contribution < 1.29 is 23.4 Å². The molecule has 1 aliphatic heterocycles. The number of ether oxygens (including phenoxy) is 2. The summed E-state index contributed by atoms with van der Waals surface area (Å²) in [5.41, 5.74) is 6.13. The van der Waals surface area contributed by atoms with Gasteiger partial charge in [-0.1, -0.05) is 12.1 Å². The van der Waals surface area contributed by atoms with Gasteiger partial charge in [0.05, 0.1) is 0 Å². The molecule has 3 N–H and O–H groups in total. The smallest absolute Gasteiger partial charge is 0.396 e. The number of benzene rings is 1. The Balaban J connectivity index is 0.00000144. The molecule has 7 heteroatoms. The highest BCUT2D eigenvalue weighted by Gasteiger charge is 2.44. The van der Waals surface area contributed by atoms with Crippen LogP contribution in [0.25, 0.3) is 0 Å². The molecule has 2 rings (SSSR count). The Morgan fingerprint density at radius 2 is 2.06 bits per heavy atom. The molecule has 0 unspecified atom stereocenters. The van der Waals surface area contributed by atoms with E-state index in [2.05, 4.69) is 9.47 Å². The first-order valence-corrected chi connectivity index (χ1v) is 4.78. The molecule has 4 nitrogen and oxygen atoms in total. The van der Waals surface area contributed by atoms with Crippen molar-refractivity contribution in [3.63, 3.8) is 0 Å². The molecule has 0 saturated heterocycles. The average molecular weight is 268 g/mol. The van der Waals surface area contributed by atoms with Crippen LogP contribution in [-0.2, 0) is 0 Å². The molecule has 1 aliphatic rings. The molecule has 17 heavy (non-hydrogen) atoms. The number of fused-ring (bicyclic) bond motifs is 1. The van der Waals surface area contributed by atoms with Gasteiger partial charge in [0.15, 0.2) is 11.5 Å². The largest absolute Gasteiger partial charge is 0.586 e. The number of alkyl halides is 2. The van der Waals surface area contributed by atoms with Crippen LogP contribution in [0.2, 0.25) is 0 Å². The van der Waals surface area contributed by atoms with Crippen LogP contribution in [0, 0.1) is 0 Å². The van der Waals surface area contributed by atoms with Gasteiger partial charge < -0.3 is 20.3 Å². The SMILES string of the molecule is Cl.N[C@H](CCO)c1cccc2c1OC(F)(F)O2. The van der Waals surface area contributed by atoms with Crippen LogP contribution in [0.15, 0.2) is 18.2 Å². The van der Waals surface area contributed by atoms with Crippen LogP contribution in [0.3, 0.4) is 0 Å². The molecule has 0 amide bonds. The van der Waals surface area contributed by atoms with Crippen LogP contribution in [0.4, 0.5) is 8.78 Å². The first kappa shape index (κ1) is 14.0. The van der Waals surface area contributed by atoms with Gasteiger partial charge in [-0.05, 0) is 12.5 Å². The fourth-order valence-electron chi connectivity index (χ4n) is 1.58. The molecule has 96 valence electrons. The molecule has 1 aromatic rings. The number of aliphatic hydroxyl groups excluding tert-OH is 1. The van der Waals surface area contributed by atoms with E-state index < -0.39 is 12.3 Å². The minimum Gasteiger partial charge on any atom is -0.396 e. The van der Waals surface area contributed by atoms with Gasteiger partial charge >= 0.3 is 6.29 Å². The summed E-state index contributed by atoms with van der Waals surface area (Å²) in [5.74, 6) is -0.0793. The lowest BCUT2D eigenvalue weighted by molar-refractivity contribution is -0.287. The van der Waals surface area contributed by atoms with Crippen molar-refractivity contribution in [3.05, 3.63) is 23.8 Å². The molecule has 0 bridgehead atoms. The number of rotatable bonds is 3. The van der Waals surface area contributed by atoms with E-state index in [-0.39, 0.29) is 36.9 Å². The van der Waals surface area contributed by atoms with Crippen molar-refractivity contribution in [2.75, 3.05) is 6.61 Å². The molecule has 0 spiro atoms. The number of hydrogen-bond donors (Lipinski definition) is 2. The molecule has 1 aromatic carbocycles. The van der Waals surface area contributed by atoms with E-state index in [0.29, 0.717) is 5.56 Å². The molecular formula is C10H12ClF2NO3. The van der Waals surface area contributed by atoms with Gasteiger partial charge in [0.25, 0.3) is 0 Å². The van der Waals surface area contributed by atoms with Gasteiger partial charge in [-0.25, -0.2) is 0 Å². The first-order valence-electron chi connectivity index (χ1n) is 4.78. The predicted octanol–water partition coefficient (Wildman–Crippen LogP) is 1.81. The zero-order valence-electron chi connectivity index (χ0n) is 8.73. The summed E-state index contributed by atoms with van der Waals surface area (Å²) in [6.07, 6.45) is -3.37. The lowest BCUT2D eigenvalue weighted by Gasteiger charge is -2.12. The summed E-state index contributed by atoms with van der Waals surface area (Å²) in [6.45, 7) is -0.123. The van der Waals surface area contributed by atoms with Gasteiger partial charge in [-0.3, -0.25) is 0 Å². The Labute approximate surface area is 103 Å². The highest BCUT2D eigenvalue weighted by molar-refractivity contribution is 5.85. The van der Waals surface area contributed by atoms with Gasteiger partial charge in [0.1, 0.15) is 0 Å². The van der Waals surface area contributed by atoms with Gasteiger partial charge in [-0.2, -0.15) is 0 Å². The van der Waals surface area contributed by atoms with E-state index in [1.54, 1.807) is 12.1 Å². The maximum atomic E-state index is 12.8. The van der Waals surface area contributed by atoms with Crippen LogP contribution >= 0.6 is 12.4 Å². The molecule has 1 heterocycles. The van der Waals surface area contributed by atoms with Crippen molar-refractivity contribution in [2.24, 2.45) is 5.73 Å². The fourth-order valence-corrected chi connectivity index (χ4v) is 1.58. The molecular weight excluding hydrogens is 256 g/mol. The molecule has 0 fully saturated rings. The molecule has 0 radical (unpaired) electrons. The lowest BCUT2D eigenvalue weighted by atomic mass is 10.0. The number of hydrogen-bond acceptors (Lipinski definition) is 4. The summed E-state index contributed by atoms with van der Waals surface area (Å²) < 4.78 is 34.3. The van der Waals surface area contributed by atoms with Gasteiger partial charge in [0.2, 0.25) is 0 Å². The summed E-state index contributed by atoms with van der Waals surface area (Å²) >= 11 is 0. The van der Waals surface area contributed by atoms with E-state index in [1.165, 1.54) is 6.07 Å². The minimum atomic E-state index is -3.64. The summed E-state index contributed by atoms with van der Waals surface area (Å²) in [7, 11) is 0. The zero-order chi connectivity index (χ0) is 11.8. The molecule has 0 saturated carbocycles. The van der Waals surface area contributed by atoms with E-state index in [0.717, 1.165) is 0 Å². The number of para-hydroxylation sites is 1. The highest BCUT2D eigenvalue weighted by Crippen LogP contribution is 2.44. The van der Waals surface area contributed by atoms with Crippen LogP contribution in [-0.4, -0.2) is 18.0 Å². The van der Waals surface area contributed by atoms with E-state index in [1.807, 2.05) is 0 Å². The van der Waals surface area contributed by atoms with Crippen molar-refractivity contribution in [1.29, 1.82) is 0 Å². The molecule has 1 atom stereocenters. The third-order valence-corrected chi connectivity index (χ3v) is 2.30. The lowest BCUT2D eigenvalue weighted by Crippen LogP contribution is -2.26. The second kappa shape index (κ2) is 5.03. The number of halogens is 3. The van der Waals surface area contributed by atoms with E-state index in [4.69, 9.17) is 10.8 Å². The maximum absolute atomic E-state index is 12.8. The summed E-state index contributed by atoms with van der Waals surface area (Å²) in [4.78, 5) is 0. The van der Waals surface area contributed by atoms with Gasteiger partial charge in [0, 0.05) is 18.2 Å². The van der Waals surface area contributed by atoms with E-state index in [9.17, 15) is 8.78 Å². The Morgan fingerprint density at radius 1 is 1.35 bits per heavy atom. The van der Waals surface area contributed by atoms with Crippen molar-refractivity contribution >= 4 is 12.4 Å². The summed E-state index contributed by atoms with van der Waals surface area (Å²) in [6, 6.07) is 3.95. The molecule has 0 aliphatic carbocycles. The number of nitrogens with two attached hydrogens (primary N) is 1. The Hall–Kier alpha value is -1.11. The standard InChI is InChI=1S/C10H11F2NO3.ClH/c11-10(12)15-8-3-1-2-6(9(8)16-10)7(13)4-5-14;/h1-3,7,14H,4-5,13H2;1H/t7-;/m1./s1. The Morgan fingerprint density at radius 3 is 2.71 bits per heavy atom. The first-order chi connectivity index (χ1) is 7.53. The Bertz CT molecular complexity index is 403. The fraction of sp³-hybridized carbons (Fsp3) is 0.400. The third-order valence-electron chi connectivity index (χ3n) is 2.30. The van der Waals surface area contributed by atoms with Crippen molar-refractivity contribution in [2.45, 2.75) is 18.8 Å². The number of aliphatic hydroxyl groups is 1. The van der Waals surface area contributed by atoms with Crippen molar-refractivity contribution in [1.82, 2.24) is 0 Å². The van der Waals surface area contributed by atoms with E-state index >= 15 is 0 Å². The van der Waals surface area contributed by atoms with Gasteiger partial charge in [-0.15, -0.1) is 21.2 Å². The highest BCUT2D eigenvalue weighted by atomic mass is 35.5. The van der Waals surface area contributed by atoms with Crippen LogP contribution < -0.4 is 15.2 Å². The molecule has 0 aromatic heterocycles. The quantitative estimate of drug-likeness (QED) is 0.877. The van der Waals surface area contributed by atoms with Crippen molar-refractivity contribution in [3.8, 4) is 11.5 Å². The average Bonchev–Trinajstić information content (AvgIpc) is 2.51.